The molecule has 0 atom stereocenters. The van der Waals surface area contributed by atoms with Gasteiger partial charge in [0.25, 0.3) is 0 Å². The molecule has 1 fully saturated rings. The maximum absolute atomic E-state index is 13.6. The fourth-order valence-electron chi connectivity index (χ4n) is 1.93. The number of carbonyl (C=O) groups excluding carboxylic acids is 1. The fourth-order valence-corrected chi connectivity index (χ4v) is 2.02. The van der Waals surface area contributed by atoms with E-state index in [1.165, 1.54) is 6.07 Å². The molecule has 19 heavy (non-hydrogen) atoms. The van der Waals surface area contributed by atoms with E-state index in [2.05, 4.69) is 0 Å². The second-order valence-corrected chi connectivity index (χ2v) is 5.37. The summed E-state index contributed by atoms with van der Waals surface area (Å²) in [6, 6.07) is 6.51. The van der Waals surface area contributed by atoms with Crippen LogP contribution >= 0.6 is 12.2 Å². The maximum Gasteiger partial charge on any atom is 0.225 e. The number of hydrogen-bond acceptors (Lipinski definition) is 2. The van der Waals surface area contributed by atoms with Gasteiger partial charge in [0.15, 0.2) is 0 Å². The Morgan fingerprint density at radius 3 is 2.68 bits per heavy atom. The van der Waals surface area contributed by atoms with Gasteiger partial charge in [0.05, 0.1) is 4.99 Å². The van der Waals surface area contributed by atoms with Crippen LogP contribution in [0.15, 0.2) is 24.3 Å². The molecule has 5 heteroatoms. The lowest BCUT2D eigenvalue weighted by molar-refractivity contribution is -0.133. The van der Waals surface area contributed by atoms with Crippen LogP contribution in [0, 0.1) is 11.7 Å². The number of benzene rings is 1. The number of amides is 1. The van der Waals surface area contributed by atoms with Crippen LogP contribution in [0.4, 0.5) is 4.39 Å². The molecule has 1 saturated carbocycles. The van der Waals surface area contributed by atoms with Crippen molar-refractivity contribution in [2.75, 3.05) is 6.54 Å². The summed E-state index contributed by atoms with van der Waals surface area (Å²) in [5.41, 5.74) is 6.00. The number of carbonyl (C=O) groups is 1. The SMILES string of the molecule is NC(=S)CCN(Cc1ccccc1F)C(=O)C1CC1. The van der Waals surface area contributed by atoms with Crippen LogP contribution in [0.3, 0.4) is 0 Å². The third-order valence-electron chi connectivity index (χ3n) is 3.19. The van der Waals surface area contributed by atoms with Crippen LogP contribution in [0.1, 0.15) is 24.8 Å². The van der Waals surface area contributed by atoms with E-state index in [9.17, 15) is 9.18 Å². The van der Waals surface area contributed by atoms with Gasteiger partial charge in [-0.15, -0.1) is 0 Å². The van der Waals surface area contributed by atoms with Gasteiger partial charge >= 0.3 is 0 Å². The molecular formula is C14H17FN2OS. The number of rotatable bonds is 6. The van der Waals surface area contributed by atoms with E-state index in [1.54, 1.807) is 23.1 Å². The Labute approximate surface area is 117 Å². The van der Waals surface area contributed by atoms with Gasteiger partial charge in [-0.1, -0.05) is 30.4 Å². The van der Waals surface area contributed by atoms with Gasteiger partial charge in [-0.2, -0.15) is 0 Å². The Morgan fingerprint density at radius 2 is 2.11 bits per heavy atom. The molecule has 1 aromatic rings. The van der Waals surface area contributed by atoms with Crippen LogP contribution in [0.2, 0.25) is 0 Å². The van der Waals surface area contributed by atoms with Crippen molar-refractivity contribution < 1.29 is 9.18 Å². The number of halogens is 1. The van der Waals surface area contributed by atoms with E-state index in [1.807, 2.05) is 0 Å². The molecule has 0 bridgehead atoms. The highest BCUT2D eigenvalue weighted by Crippen LogP contribution is 2.31. The first-order chi connectivity index (χ1) is 9.08. The zero-order chi connectivity index (χ0) is 13.8. The third kappa shape index (κ3) is 3.99. The quantitative estimate of drug-likeness (QED) is 0.813. The summed E-state index contributed by atoms with van der Waals surface area (Å²) in [5, 5.41) is 0. The summed E-state index contributed by atoms with van der Waals surface area (Å²) < 4.78 is 13.6. The minimum Gasteiger partial charge on any atom is -0.393 e. The molecule has 3 nitrogen and oxygen atoms in total. The predicted octanol–water partition coefficient (Wildman–Crippen LogP) is 2.24. The van der Waals surface area contributed by atoms with Gasteiger partial charge in [0, 0.05) is 31.0 Å². The highest BCUT2D eigenvalue weighted by Gasteiger charge is 2.33. The average Bonchev–Trinajstić information content (AvgIpc) is 3.19. The number of nitrogens with two attached hydrogens (primary N) is 1. The summed E-state index contributed by atoms with van der Waals surface area (Å²) >= 11 is 4.84. The number of thiocarbonyl (C=S) groups is 1. The molecule has 0 unspecified atom stereocenters. The molecule has 2 N–H and O–H groups in total. The lowest BCUT2D eigenvalue weighted by Crippen LogP contribution is -2.34. The van der Waals surface area contributed by atoms with Crippen molar-refractivity contribution in [1.82, 2.24) is 4.90 Å². The van der Waals surface area contributed by atoms with Crippen molar-refractivity contribution in [2.24, 2.45) is 11.7 Å². The Hall–Kier alpha value is -1.49. The minimum absolute atomic E-state index is 0.0829. The number of hydrogen-bond donors (Lipinski definition) is 1. The molecule has 102 valence electrons. The first-order valence-corrected chi connectivity index (χ1v) is 6.79. The maximum atomic E-state index is 13.6. The number of nitrogens with zero attached hydrogens (tertiary/aromatic N) is 1. The summed E-state index contributed by atoms with van der Waals surface area (Å²) in [7, 11) is 0. The van der Waals surface area contributed by atoms with Gasteiger partial charge in [-0.3, -0.25) is 4.79 Å². The van der Waals surface area contributed by atoms with E-state index in [0.29, 0.717) is 23.5 Å². The smallest absolute Gasteiger partial charge is 0.225 e. The molecule has 0 radical (unpaired) electrons. The second-order valence-electron chi connectivity index (χ2n) is 4.84. The Morgan fingerprint density at radius 1 is 1.42 bits per heavy atom. The van der Waals surface area contributed by atoms with Crippen molar-refractivity contribution in [3.63, 3.8) is 0 Å². The summed E-state index contributed by atoms with van der Waals surface area (Å²) in [6.07, 6.45) is 2.33. The first kappa shape index (κ1) is 13.9. The Balaban J connectivity index is 2.06. The van der Waals surface area contributed by atoms with Crippen molar-refractivity contribution in [3.05, 3.63) is 35.6 Å². The fraction of sp³-hybridized carbons (Fsp3) is 0.429. The molecule has 0 spiro atoms. The van der Waals surface area contributed by atoms with Gasteiger partial charge in [-0.05, 0) is 18.9 Å². The normalized spacial score (nSPS) is 14.2. The average molecular weight is 280 g/mol. The lowest BCUT2D eigenvalue weighted by Gasteiger charge is -2.23. The van der Waals surface area contributed by atoms with Gasteiger partial charge in [0.1, 0.15) is 5.82 Å². The topological polar surface area (TPSA) is 46.3 Å². The van der Waals surface area contributed by atoms with Crippen LogP contribution < -0.4 is 5.73 Å². The van der Waals surface area contributed by atoms with Gasteiger partial charge in [0.2, 0.25) is 5.91 Å². The standard InChI is InChI=1S/C14H17FN2OS/c15-12-4-2-1-3-11(12)9-17(8-7-13(16)19)14(18)10-5-6-10/h1-4,10H,5-9H2,(H2,16,19). The van der Waals surface area contributed by atoms with E-state index < -0.39 is 0 Å². The molecule has 1 amide bonds. The van der Waals surface area contributed by atoms with Crippen LogP contribution in [0.25, 0.3) is 0 Å². The molecule has 2 rings (SSSR count). The molecule has 1 aliphatic carbocycles. The van der Waals surface area contributed by atoms with Gasteiger partial charge in [-0.25, -0.2) is 4.39 Å². The third-order valence-corrected chi connectivity index (χ3v) is 3.39. The van der Waals surface area contributed by atoms with E-state index >= 15 is 0 Å². The Bertz CT molecular complexity index is 488. The minimum atomic E-state index is -0.286. The summed E-state index contributed by atoms with van der Waals surface area (Å²) in [4.78, 5) is 14.2. The van der Waals surface area contributed by atoms with Crippen molar-refractivity contribution in [2.45, 2.75) is 25.8 Å². The molecular weight excluding hydrogens is 263 g/mol. The molecule has 1 aromatic carbocycles. The van der Waals surface area contributed by atoms with Crippen LogP contribution in [-0.4, -0.2) is 22.3 Å². The van der Waals surface area contributed by atoms with E-state index in [4.69, 9.17) is 18.0 Å². The second kappa shape index (κ2) is 6.10. The van der Waals surface area contributed by atoms with Crippen molar-refractivity contribution in [3.8, 4) is 0 Å². The first-order valence-electron chi connectivity index (χ1n) is 6.38. The van der Waals surface area contributed by atoms with Crippen LogP contribution in [-0.2, 0) is 11.3 Å². The van der Waals surface area contributed by atoms with Gasteiger partial charge < -0.3 is 10.6 Å². The van der Waals surface area contributed by atoms with Crippen LogP contribution in [0.5, 0.6) is 0 Å². The van der Waals surface area contributed by atoms with Crippen molar-refractivity contribution in [1.29, 1.82) is 0 Å². The summed E-state index contributed by atoms with van der Waals surface area (Å²) in [6.45, 7) is 0.740. The molecule has 0 aliphatic heterocycles. The predicted molar refractivity (Wildman–Crippen MR) is 75.9 cm³/mol. The molecule has 0 aromatic heterocycles. The Kier molecular flexibility index (Phi) is 4.47. The summed E-state index contributed by atoms with van der Waals surface area (Å²) in [5.74, 6) is -0.0935. The van der Waals surface area contributed by atoms with E-state index in [0.717, 1.165) is 12.8 Å². The highest BCUT2D eigenvalue weighted by atomic mass is 32.1. The zero-order valence-electron chi connectivity index (χ0n) is 10.6. The highest BCUT2D eigenvalue weighted by molar-refractivity contribution is 7.80. The zero-order valence-corrected chi connectivity index (χ0v) is 11.5. The lowest BCUT2D eigenvalue weighted by atomic mass is 10.2. The monoisotopic (exact) mass is 280 g/mol. The van der Waals surface area contributed by atoms with Crippen molar-refractivity contribution >= 4 is 23.1 Å². The van der Waals surface area contributed by atoms with E-state index in [-0.39, 0.29) is 24.2 Å². The molecule has 0 heterocycles. The largest absolute Gasteiger partial charge is 0.393 e. The molecule has 1 aliphatic rings. The molecule has 0 saturated heterocycles.